The molecule has 12 rings (SSSR count). The Bertz CT molecular complexity index is 3320. The fraction of sp³-hybridized carbons (Fsp3) is 0.519. The van der Waals surface area contributed by atoms with Crippen LogP contribution in [0, 0.1) is 22.5 Å². The molecule has 3 aromatic carbocycles. The third-order valence-electron chi connectivity index (χ3n) is 17.6. The van der Waals surface area contributed by atoms with E-state index in [2.05, 4.69) is 56.0 Å². The fourth-order valence-electron chi connectivity index (χ4n) is 13.3. The lowest BCUT2D eigenvalue weighted by Gasteiger charge is -2.56. The van der Waals surface area contributed by atoms with Crippen molar-refractivity contribution in [2.24, 2.45) is 5.41 Å². The average molecular weight is 1120 g/mol. The van der Waals surface area contributed by atoms with Crippen molar-refractivity contribution in [2.45, 2.75) is 124 Å². The second-order valence-electron chi connectivity index (χ2n) is 22.6. The summed E-state index contributed by atoms with van der Waals surface area (Å²) in [6.07, 6.45) is 6.43. The van der Waals surface area contributed by atoms with Crippen molar-refractivity contribution >= 4 is 63.2 Å². The number of carbonyl (C=O) groups excluding carboxylic acids is 1. The standard InChI is InChI=1S/C54H64FN8O13PS/c1-33-6-3-4-7-38(33)44-30-72-22-5-19-61(44)36-28-53(29-36)16-20-60(21-17-53)35-8-9-39(41(25-35)62-40-11-23-73-31-46(40)75-51-43(62)24-34-10-18-56-49(34)58-51)50(64)59-78(70,71)37-26-42(63(65)66)48-45(27-37)74-32-47(57-48)54(55)14-12-52(2,13-15-54)76-77(67,68)69/h3-4,6-10,18,24-27,36,40,44,46-47,57H,5,11-17,19-23,28-32H2,1-2H3,(H,56,58)(H,59,64)(H2,67,68,69)/t40-,44-,46-,47+,52?,54?/m0/s1. The minimum Gasteiger partial charge on any atom is -0.489 e. The number of hydrogen-bond donors (Lipinski definition) is 5. The first kappa shape index (κ1) is 52.8. The Morgan fingerprint density at radius 2 is 1.73 bits per heavy atom. The van der Waals surface area contributed by atoms with Crippen LogP contribution in [0.1, 0.15) is 98.7 Å². The number of hydrogen-bond acceptors (Lipinski definition) is 16. The van der Waals surface area contributed by atoms with Gasteiger partial charge in [-0.05, 0) is 125 Å². The highest BCUT2D eigenvalue weighted by molar-refractivity contribution is 7.90. The van der Waals surface area contributed by atoms with Crippen LogP contribution in [-0.4, -0.2) is 132 Å². The zero-order chi connectivity index (χ0) is 54.4. The molecule has 5 N–H and O–H groups in total. The van der Waals surface area contributed by atoms with E-state index in [1.165, 1.54) is 18.1 Å². The first-order valence-electron chi connectivity index (χ1n) is 26.8. The average Bonchev–Trinajstić information content (AvgIpc) is 3.83. The lowest BCUT2D eigenvalue weighted by molar-refractivity contribution is -0.384. The van der Waals surface area contributed by atoms with Gasteiger partial charge in [-0.2, -0.15) is 4.98 Å². The number of aryl methyl sites for hydroxylation is 1. The number of rotatable bonds is 11. The van der Waals surface area contributed by atoms with E-state index in [-0.39, 0.29) is 73.4 Å². The molecule has 0 unspecified atom stereocenters. The summed E-state index contributed by atoms with van der Waals surface area (Å²) >= 11 is 0. The lowest BCUT2D eigenvalue weighted by Crippen LogP contribution is -2.56. The van der Waals surface area contributed by atoms with Crippen LogP contribution < -0.4 is 29.3 Å². The van der Waals surface area contributed by atoms with Gasteiger partial charge in [-0.1, -0.05) is 24.3 Å². The predicted molar refractivity (Wildman–Crippen MR) is 286 cm³/mol. The highest BCUT2D eigenvalue weighted by Crippen LogP contribution is 2.55. The number of aromatic amines is 1. The van der Waals surface area contributed by atoms with Gasteiger partial charge in [-0.15, -0.1) is 0 Å². The molecule has 78 heavy (non-hydrogen) atoms. The molecule has 5 aliphatic heterocycles. The fourth-order valence-corrected chi connectivity index (χ4v) is 15.1. The van der Waals surface area contributed by atoms with E-state index in [9.17, 15) is 37.7 Å². The number of benzene rings is 3. The molecule has 1 spiro atoms. The van der Waals surface area contributed by atoms with E-state index < -0.39 is 62.7 Å². The molecule has 21 nitrogen and oxygen atoms in total. The summed E-state index contributed by atoms with van der Waals surface area (Å²) in [5.41, 5.74) is 0.963. The van der Waals surface area contributed by atoms with Crippen LogP contribution in [0.4, 0.5) is 32.8 Å². The Balaban J connectivity index is 0.822. The van der Waals surface area contributed by atoms with Gasteiger partial charge in [0, 0.05) is 68.3 Å². The number of phosphoric ester groups is 1. The molecule has 7 heterocycles. The Kier molecular flexibility index (Phi) is 13.5. The zero-order valence-corrected chi connectivity index (χ0v) is 45.1. The van der Waals surface area contributed by atoms with Gasteiger partial charge in [-0.3, -0.25) is 24.3 Å². The van der Waals surface area contributed by atoms with Crippen LogP contribution >= 0.6 is 7.82 Å². The molecule has 416 valence electrons. The molecule has 3 saturated heterocycles. The number of ether oxygens (including phenoxy) is 4. The highest BCUT2D eigenvalue weighted by Gasteiger charge is 2.52. The smallest absolute Gasteiger partial charge is 0.470 e. The van der Waals surface area contributed by atoms with Crippen molar-refractivity contribution in [1.82, 2.24) is 19.6 Å². The minimum atomic E-state index is -4.87. The Morgan fingerprint density at radius 1 is 0.962 bits per heavy atom. The van der Waals surface area contributed by atoms with Gasteiger partial charge in [0.1, 0.15) is 29.7 Å². The number of nitro benzene ring substituents is 1. The summed E-state index contributed by atoms with van der Waals surface area (Å²) in [5, 5.41) is 16.3. The number of halogens is 1. The van der Waals surface area contributed by atoms with Crippen LogP contribution in [0.2, 0.25) is 0 Å². The minimum absolute atomic E-state index is 0.0192. The van der Waals surface area contributed by atoms with E-state index in [1.807, 2.05) is 29.2 Å². The number of fused-ring (bicyclic) bond motifs is 4. The topological polar surface area (TPSA) is 260 Å². The van der Waals surface area contributed by atoms with Gasteiger partial charge in [0.05, 0.1) is 58.0 Å². The maximum Gasteiger partial charge on any atom is 0.470 e. The van der Waals surface area contributed by atoms with Gasteiger partial charge in [0.15, 0.2) is 11.4 Å². The molecule has 2 aliphatic carbocycles. The van der Waals surface area contributed by atoms with Crippen LogP contribution in [0.3, 0.4) is 0 Å². The van der Waals surface area contributed by atoms with Gasteiger partial charge in [0.25, 0.3) is 21.6 Å². The maximum absolute atomic E-state index is 16.6. The van der Waals surface area contributed by atoms with Gasteiger partial charge in [-0.25, -0.2) is 22.1 Å². The number of nitrogens with zero attached hydrogens (tertiary/aromatic N) is 5. The van der Waals surface area contributed by atoms with Crippen molar-refractivity contribution < 1.29 is 60.3 Å². The molecule has 2 saturated carbocycles. The van der Waals surface area contributed by atoms with Crippen LogP contribution in [-0.2, 0) is 28.6 Å². The normalized spacial score (nSPS) is 27.5. The number of nitrogens with one attached hydrogen (secondary N) is 3. The third-order valence-corrected chi connectivity index (χ3v) is 19.6. The van der Waals surface area contributed by atoms with E-state index in [0.29, 0.717) is 48.6 Å². The Morgan fingerprint density at radius 3 is 2.49 bits per heavy atom. The van der Waals surface area contributed by atoms with Crippen molar-refractivity contribution in [3.63, 3.8) is 0 Å². The van der Waals surface area contributed by atoms with Gasteiger partial charge >= 0.3 is 7.82 Å². The SMILES string of the molecule is Cc1ccccc1[C@@H]1COCCCN1C1CC2(CCN(c3ccc(C(=O)NS(=O)(=O)c4cc5c(c([N+](=O)[O-])c4)N[C@@H](C4(F)CCC(C)(OP(=O)(O)O)CC4)CO5)c(N4c5cc6cc[nH]c6nc5O[C@H]5COCC[C@@H]54)c3)CC2)C1. The molecule has 5 fully saturated rings. The number of aromatic nitrogens is 2. The van der Waals surface area contributed by atoms with Crippen molar-refractivity contribution in [3.05, 3.63) is 99.7 Å². The van der Waals surface area contributed by atoms with Gasteiger partial charge in [0.2, 0.25) is 5.88 Å². The predicted octanol–water partition coefficient (Wildman–Crippen LogP) is 8.12. The number of phosphoric acid groups is 1. The van der Waals surface area contributed by atoms with Crippen molar-refractivity contribution in [1.29, 1.82) is 0 Å². The molecule has 24 heteroatoms. The largest absolute Gasteiger partial charge is 0.489 e. The molecule has 0 bridgehead atoms. The van der Waals surface area contributed by atoms with Crippen LogP contribution in [0.25, 0.3) is 11.0 Å². The molecular weight excluding hydrogens is 1050 g/mol. The van der Waals surface area contributed by atoms with Crippen LogP contribution in [0.15, 0.2) is 77.8 Å². The first-order valence-corrected chi connectivity index (χ1v) is 29.8. The highest BCUT2D eigenvalue weighted by atomic mass is 32.2. The zero-order valence-electron chi connectivity index (χ0n) is 43.4. The first-order chi connectivity index (χ1) is 37.3. The molecule has 4 atom stereocenters. The molecule has 0 radical (unpaired) electrons. The number of pyridine rings is 1. The van der Waals surface area contributed by atoms with E-state index in [1.54, 1.807) is 12.3 Å². The van der Waals surface area contributed by atoms with Gasteiger partial charge < -0.3 is 48.8 Å². The Hall–Kier alpha value is -5.91. The van der Waals surface area contributed by atoms with E-state index in [0.717, 1.165) is 81.6 Å². The molecule has 1 amide bonds. The molecule has 2 aromatic heterocycles. The summed E-state index contributed by atoms with van der Waals surface area (Å²) < 4.78 is 88.7. The summed E-state index contributed by atoms with van der Waals surface area (Å²) in [6, 6.07) is 18.9. The third kappa shape index (κ3) is 9.98. The lowest BCUT2D eigenvalue weighted by atomic mass is 9.59. The van der Waals surface area contributed by atoms with E-state index >= 15 is 4.39 Å². The van der Waals surface area contributed by atoms with Crippen molar-refractivity contribution in [2.75, 3.05) is 67.8 Å². The van der Waals surface area contributed by atoms with Crippen molar-refractivity contribution in [3.8, 4) is 11.6 Å². The number of nitro groups is 1. The number of piperidine rings is 1. The van der Waals surface area contributed by atoms with Crippen LogP contribution in [0.5, 0.6) is 11.6 Å². The maximum atomic E-state index is 16.6. The number of sulfonamides is 1. The second kappa shape index (κ2) is 20.0. The molecule has 7 aliphatic rings. The molecular formula is C54H64FN8O13PS. The Labute approximate surface area is 450 Å². The number of amides is 1. The second-order valence-corrected chi connectivity index (χ2v) is 25.4. The number of H-pyrrole nitrogens is 1. The van der Waals surface area contributed by atoms with E-state index in [4.69, 9.17) is 28.5 Å². The monoisotopic (exact) mass is 1110 g/mol. The summed E-state index contributed by atoms with van der Waals surface area (Å²) in [6.45, 7) is 7.94. The summed E-state index contributed by atoms with van der Waals surface area (Å²) in [7, 11) is -9.73. The summed E-state index contributed by atoms with van der Waals surface area (Å²) in [5.74, 6) is -0.918. The number of carbonyl (C=O) groups is 1. The molecule has 5 aromatic rings. The number of alkyl halides is 1. The number of anilines is 4. The quantitative estimate of drug-likeness (QED) is 0.0475. The summed E-state index contributed by atoms with van der Waals surface area (Å²) in [4.78, 5) is 59.9.